The van der Waals surface area contributed by atoms with E-state index in [1.807, 2.05) is 0 Å². The molecule has 0 amide bonds. The molecule has 0 heterocycles. The molecule has 1 atom stereocenters. The number of ketones is 1. The van der Waals surface area contributed by atoms with Crippen LogP contribution in [0.15, 0.2) is 18.2 Å². The molecule has 1 aromatic rings. The summed E-state index contributed by atoms with van der Waals surface area (Å²) in [4.78, 5) is 22.1. The SMILES string of the molecule is CC(=O)OC(C(C)=O)c1cc(C)cc(F)c1. The lowest BCUT2D eigenvalue weighted by Gasteiger charge is -2.14. The number of Topliss-reactive ketones (excluding diaryl/α,β-unsaturated/α-hetero) is 1. The second-order valence-electron chi connectivity index (χ2n) is 3.66. The summed E-state index contributed by atoms with van der Waals surface area (Å²) in [6.45, 7) is 4.22. The van der Waals surface area contributed by atoms with E-state index in [0.717, 1.165) is 0 Å². The van der Waals surface area contributed by atoms with Gasteiger partial charge >= 0.3 is 5.97 Å². The molecular weight excluding hydrogens is 211 g/mol. The predicted octanol–water partition coefficient (Wildman–Crippen LogP) is 2.33. The average Bonchev–Trinajstić information content (AvgIpc) is 2.11. The van der Waals surface area contributed by atoms with E-state index >= 15 is 0 Å². The first-order valence-corrected chi connectivity index (χ1v) is 4.85. The van der Waals surface area contributed by atoms with Gasteiger partial charge in [0, 0.05) is 12.5 Å². The highest BCUT2D eigenvalue weighted by atomic mass is 19.1. The number of carbonyl (C=O) groups excluding carboxylic acids is 2. The number of benzene rings is 1. The van der Waals surface area contributed by atoms with Crippen molar-refractivity contribution in [1.82, 2.24) is 0 Å². The molecule has 0 aliphatic heterocycles. The highest BCUT2D eigenvalue weighted by molar-refractivity contribution is 5.84. The Balaban J connectivity index is 3.10. The van der Waals surface area contributed by atoms with Crippen LogP contribution in [0.25, 0.3) is 0 Å². The molecule has 0 radical (unpaired) electrons. The monoisotopic (exact) mass is 224 g/mol. The van der Waals surface area contributed by atoms with Crippen molar-refractivity contribution in [2.24, 2.45) is 0 Å². The Labute approximate surface area is 93.2 Å². The fraction of sp³-hybridized carbons (Fsp3) is 0.333. The van der Waals surface area contributed by atoms with Crippen molar-refractivity contribution in [3.8, 4) is 0 Å². The largest absolute Gasteiger partial charge is 0.450 e. The smallest absolute Gasteiger partial charge is 0.303 e. The number of hydrogen-bond donors (Lipinski definition) is 0. The Morgan fingerprint density at radius 3 is 2.31 bits per heavy atom. The molecule has 86 valence electrons. The zero-order valence-corrected chi connectivity index (χ0v) is 9.41. The van der Waals surface area contributed by atoms with Gasteiger partial charge in [-0.15, -0.1) is 0 Å². The van der Waals surface area contributed by atoms with Crippen LogP contribution in [0.4, 0.5) is 4.39 Å². The van der Waals surface area contributed by atoms with Crippen molar-refractivity contribution < 1.29 is 18.7 Å². The van der Waals surface area contributed by atoms with Gasteiger partial charge in [0.2, 0.25) is 0 Å². The lowest BCUT2D eigenvalue weighted by Crippen LogP contribution is -2.16. The maximum absolute atomic E-state index is 13.1. The summed E-state index contributed by atoms with van der Waals surface area (Å²) in [7, 11) is 0. The lowest BCUT2D eigenvalue weighted by molar-refractivity contribution is -0.152. The second-order valence-corrected chi connectivity index (χ2v) is 3.66. The van der Waals surface area contributed by atoms with Gasteiger partial charge in [-0.3, -0.25) is 9.59 Å². The molecule has 0 aliphatic rings. The van der Waals surface area contributed by atoms with Crippen LogP contribution in [-0.4, -0.2) is 11.8 Å². The Morgan fingerprint density at radius 1 is 1.25 bits per heavy atom. The molecule has 1 rings (SSSR count). The standard InChI is InChI=1S/C12H13FO3/c1-7-4-10(6-11(13)5-7)12(8(2)14)16-9(3)15/h4-6,12H,1-3H3. The molecule has 0 N–H and O–H groups in total. The number of hydrogen-bond acceptors (Lipinski definition) is 3. The molecule has 0 spiro atoms. The van der Waals surface area contributed by atoms with Crippen molar-refractivity contribution >= 4 is 11.8 Å². The first kappa shape index (κ1) is 12.4. The first-order valence-electron chi connectivity index (χ1n) is 4.85. The van der Waals surface area contributed by atoms with Gasteiger partial charge in [0.1, 0.15) is 5.82 Å². The van der Waals surface area contributed by atoms with Crippen molar-refractivity contribution in [2.45, 2.75) is 26.9 Å². The van der Waals surface area contributed by atoms with E-state index in [1.54, 1.807) is 13.0 Å². The third-order valence-corrected chi connectivity index (χ3v) is 2.02. The fourth-order valence-corrected chi connectivity index (χ4v) is 1.47. The van der Waals surface area contributed by atoms with Gasteiger partial charge in [-0.2, -0.15) is 0 Å². The van der Waals surface area contributed by atoms with Crippen LogP contribution in [0.5, 0.6) is 0 Å². The Morgan fingerprint density at radius 2 is 1.88 bits per heavy atom. The van der Waals surface area contributed by atoms with Gasteiger partial charge in [0.05, 0.1) is 0 Å². The molecule has 3 nitrogen and oxygen atoms in total. The minimum atomic E-state index is -1.02. The summed E-state index contributed by atoms with van der Waals surface area (Å²) >= 11 is 0. The van der Waals surface area contributed by atoms with Crippen molar-refractivity contribution in [1.29, 1.82) is 0 Å². The summed E-state index contributed by atoms with van der Waals surface area (Å²) in [5.41, 5.74) is 1.04. The third-order valence-electron chi connectivity index (χ3n) is 2.02. The topological polar surface area (TPSA) is 43.4 Å². The quantitative estimate of drug-likeness (QED) is 0.740. The van der Waals surface area contributed by atoms with Crippen molar-refractivity contribution in [2.75, 3.05) is 0 Å². The van der Waals surface area contributed by atoms with Crippen LogP contribution in [0.2, 0.25) is 0 Å². The molecular formula is C12H13FO3. The normalized spacial score (nSPS) is 12.0. The zero-order valence-electron chi connectivity index (χ0n) is 9.41. The summed E-state index contributed by atoms with van der Waals surface area (Å²) < 4.78 is 18.0. The molecule has 0 bridgehead atoms. The second kappa shape index (κ2) is 4.88. The highest BCUT2D eigenvalue weighted by Gasteiger charge is 2.20. The summed E-state index contributed by atoms with van der Waals surface area (Å²) in [5.74, 6) is -1.35. The minimum absolute atomic E-state index is 0.333. The van der Waals surface area contributed by atoms with Crippen molar-refractivity contribution in [3.63, 3.8) is 0 Å². The molecule has 4 heteroatoms. The Kier molecular flexibility index (Phi) is 3.77. The van der Waals surface area contributed by atoms with Gasteiger partial charge in [0.25, 0.3) is 0 Å². The number of rotatable bonds is 3. The van der Waals surface area contributed by atoms with Crippen LogP contribution in [-0.2, 0) is 14.3 Å². The van der Waals surface area contributed by atoms with Gasteiger partial charge in [0.15, 0.2) is 11.9 Å². The molecule has 0 aliphatic carbocycles. The maximum atomic E-state index is 13.1. The Bertz CT molecular complexity index is 406. The number of esters is 1. The fourth-order valence-electron chi connectivity index (χ4n) is 1.47. The Hall–Kier alpha value is -1.71. The van der Waals surface area contributed by atoms with E-state index in [9.17, 15) is 14.0 Å². The lowest BCUT2D eigenvalue weighted by atomic mass is 10.0. The van der Waals surface area contributed by atoms with Crippen LogP contribution < -0.4 is 0 Å². The van der Waals surface area contributed by atoms with Gasteiger partial charge in [-0.05, 0) is 31.5 Å². The molecule has 1 aromatic carbocycles. The summed E-state index contributed by atoms with van der Waals surface area (Å²) in [6.07, 6.45) is -1.02. The summed E-state index contributed by atoms with van der Waals surface area (Å²) in [5, 5.41) is 0. The minimum Gasteiger partial charge on any atom is -0.450 e. The average molecular weight is 224 g/mol. The predicted molar refractivity (Wildman–Crippen MR) is 56.3 cm³/mol. The molecule has 16 heavy (non-hydrogen) atoms. The summed E-state index contributed by atoms with van der Waals surface area (Å²) in [6, 6.07) is 4.16. The third kappa shape index (κ3) is 3.15. The van der Waals surface area contributed by atoms with Crippen LogP contribution in [0.1, 0.15) is 31.1 Å². The number of carbonyl (C=O) groups is 2. The number of aryl methyl sites for hydroxylation is 1. The van der Waals surface area contributed by atoms with E-state index in [-0.39, 0.29) is 5.78 Å². The van der Waals surface area contributed by atoms with E-state index in [0.29, 0.717) is 11.1 Å². The molecule has 0 saturated carbocycles. The number of ether oxygens (including phenoxy) is 1. The van der Waals surface area contributed by atoms with Gasteiger partial charge < -0.3 is 4.74 Å². The zero-order chi connectivity index (χ0) is 12.3. The first-order chi connectivity index (χ1) is 7.40. The van der Waals surface area contributed by atoms with E-state index in [2.05, 4.69) is 0 Å². The molecule has 0 saturated heterocycles. The van der Waals surface area contributed by atoms with Crippen molar-refractivity contribution in [3.05, 3.63) is 35.1 Å². The van der Waals surface area contributed by atoms with E-state index in [1.165, 1.54) is 26.0 Å². The molecule has 1 unspecified atom stereocenters. The van der Waals surface area contributed by atoms with Crippen LogP contribution in [0.3, 0.4) is 0 Å². The maximum Gasteiger partial charge on any atom is 0.303 e. The molecule has 0 aromatic heterocycles. The number of halogens is 1. The van der Waals surface area contributed by atoms with E-state index < -0.39 is 17.9 Å². The van der Waals surface area contributed by atoms with Crippen LogP contribution in [0, 0.1) is 12.7 Å². The van der Waals surface area contributed by atoms with Crippen LogP contribution >= 0.6 is 0 Å². The van der Waals surface area contributed by atoms with Gasteiger partial charge in [-0.25, -0.2) is 4.39 Å². The van der Waals surface area contributed by atoms with E-state index in [4.69, 9.17) is 4.74 Å². The highest BCUT2D eigenvalue weighted by Crippen LogP contribution is 2.21. The van der Waals surface area contributed by atoms with Gasteiger partial charge in [-0.1, -0.05) is 6.07 Å². The molecule has 0 fully saturated rings.